The number of aryl methyl sites for hydroxylation is 1. The lowest BCUT2D eigenvalue weighted by molar-refractivity contribution is -0.138. The molecule has 0 bridgehead atoms. The smallest absolute Gasteiger partial charge is 0.255 e. The molecule has 3 aromatic rings. The van der Waals surface area contributed by atoms with Crippen LogP contribution in [0.15, 0.2) is 42.5 Å². The van der Waals surface area contributed by atoms with Crippen molar-refractivity contribution in [3.05, 3.63) is 63.9 Å². The number of halogens is 2. The van der Waals surface area contributed by atoms with E-state index in [1.165, 1.54) is 5.52 Å². The highest BCUT2D eigenvalue weighted by atomic mass is 35.5. The minimum atomic E-state index is -0.116. The highest BCUT2D eigenvalue weighted by Gasteiger charge is 2.32. The number of aromatic nitrogens is 2. The zero-order valence-corrected chi connectivity index (χ0v) is 22.0. The van der Waals surface area contributed by atoms with Gasteiger partial charge in [-0.2, -0.15) is 0 Å². The molecule has 2 fully saturated rings. The van der Waals surface area contributed by atoms with E-state index in [-0.39, 0.29) is 17.7 Å². The lowest BCUT2D eigenvalue weighted by atomic mass is 9.95. The fourth-order valence-corrected chi connectivity index (χ4v) is 5.85. The van der Waals surface area contributed by atoms with Crippen molar-refractivity contribution in [3.8, 4) is 0 Å². The maximum absolute atomic E-state index is 13.2. The van der Waals surface area contributed by atoms with Crippen LogP contribution in [0, 0.1) is 5.92 Å². The molecule has 0 saturated carbocycles. The third-order valence-corrected chi connectivity index (χ3v) is 7.94. The predicted octanol–water partition coefficient (Wildman–Crippen LogP) is 4.56. The number of amides is 2. The molecular formula is C27H31Cl2N5O2. The second-order valence-corrected chi connectivity index (χ2v) is 10.4. The van der Waals surface area contributed by atoms with Gasteiger partial charge in [0, 0.05) is 43.7 Å². The number of carbonyl (C=O) groups excluding carboxylic acids is 2. The number of hydrogen-bond donors (Lipinski definition) is 0. The molecule has 5 rings (SSSR count). The van der Waals surface area contributed by atoms with Crippen LogP contribution in [0.5, 0.6) is 0 Å². The van der Waals surface area contributed by atoms with Crippen LogP contribution in [-0.2, 0) is 17.9 Å². The van der Waals surface area contributed by atoms with Crippen molar-refractivity contribution in [1.29, 1.82) is 0 Å². The Hall–Kier alpha value is -2.61. The number of piperidine rings is 1. The maximum atomic E-state index is 13.2. The van der Waals surface area contributed by atoms with Gasteiger partial charge in [-0.15, -0.1) is 0 Å². The molecule has 36 heavy (non-hydrogen) atoms. The lowest BCUT2D eigenvalue weighted by Gasteiger charge is -2.38. The number of rotatable bonds is 5. The Morgan fingerprint density at radius 1 is 0.944 bits per heavy atom. The topological polar surface area (TPSA) is 61.7 Å². The van der Waals surface area contributed by atoms with Gasteiger partial charge in [0.05, 0.1) is 28.2 Å². The van der Waals surface area contributed by atoms with Crippen molar-refractivity contribution in [3.63, 3.8) is 0 Å². The van der Waals surface area contributed by atoms with E-state index >= 15 is 0 Å². The Bertz CT molecular complexity index is 1260. The van der Waals surface area contributed by atoms with Gasteiger partial charge in [0.25, 0.3) is 5.91 Å². The maximum Gasteiger partial charge on any atom is 0.255 e. The van der Waals surface area contributed by atoms with Gasteiger partial charge in [0.1, 0.15) is 5.82 Å². The number of hydrogen-bond acceptors (Lipinski definition) is 4. The summed E-state index contributed by atoms with van der Waals surface area (Å²) in [6.07, 6.45) is 1.70. The summed E-state index contributed by atoms with van der Waals surface area (Å²) in [6.45, 7) is 7.74. The first-order valence-corrected chi connectivity index (χ1v) is 13.4. The summed E-state index contributed by atoms with van der Waals surface area (Å²) in [6, 6.07) is 13.2. The molecular weight excluding hydrogens is 497 g/mol. The number of likely N-dealkylation sites (tertiary alicyclic amines) is 1. The average molecular weight is 528 g/mol. The molecule has 0 aliphatic carbocycles. The predicted molar refractivity (Wildman–Crippen MR) is 142 cm³/mol. The molecule has 2 aromatic carbocycles. The fraction of sp³-hybridized carbons (Fsp3) is 0.444. The molecule has 0 spiro atoms. The van der Waals surface area contributed by atoms with Crippen LogP contribution in [0.3, 0.4) is 0 Å². The molecule has 7 nitrogen and oxygen atoms in total. The van der Waals surface area contributed by atoms with Crippen molar-refractivity contribution in [2.45, 2.75) is 32.9 Å². The summed E-state index contributed by atoms with van der Waals surface area (Å²) in [5, 5.41) is 0.856. The van der Waals surface area contributed by atoms with Gasteiger partial charge in [0.15, 0.2) is 0 Å². The summed E-state index contributed by atoms with van der Waals surface area (Å²) in [5.41, 5.74) is 2.66. The highest BCUT2D eigenvalue weighted by Crippen LogP contribution is 2.25. The van der Waals surface area contributed by atoms with Crippen LogP contribution >= 0.6 is 23.2 Å². The Morgan fingerprint density at radius 3 is 2.33 bits per heavy atom. The standard InChI is InChI=1S/C27H31Cl2N5O2/c1-2-34-24-6-4-3-5-23(24)30-25(34)18-31-11-9-19(10-12-31)26(35)32-13-15-33(16-14-32)27(36)21-8-7-20(28)17-22(21)29/h3-8,17,19H,2,9-16,18H2,1H3. The Kier molecular flexibility index (Phi) is 7.51. The highest BCUT2D eigenvalue weighted by molar-refractivity contribution is 6.36. The Labute approximate surface area is 221 Å². The van der Waals surface area contributed by atoms with Crippen molar-refractivity contribution in [2.24, 2.45) is 5.92 Å². The molecule has 0 N–H and O–H groups in total. The summed E-state index contributed by atoms with van der Waals surface area (Å²) in [4.78, 5) is 37.1. The van der Waals surface area contributed by atoms with E-state index < -0.39 is 0 Å². The third kappa shape index (κ3) is 5.10. The van der Waals surface area contributed by atoms with E-state index in [2.05, 4.69) is 34.6 Å². The molecule has 2 saturated heterocycles. The van der Waals surface area contributed by atoms with E-state index in [1.54, 1.807) is 23.1 Å². The van der Waals surface area contributed by atoms with Crippen LogP contribution in [0.2, 0.25) is 10.0 Å². The molecule has 9 heteroatoms. The van der Waals surface area contributed by atoms with Crippen molar-refractivity contribution in [1.82, 2.24) is 24.3 Å². The molecule has 2 aliphatic heterocycles. The number of benzene rings is 2. The normalized spacial score (nSPS) is 17.6. The van der Waals surface area contributed by atoms with Crippen LogP contribution in [-0.4, -0.2) is 75.3 Å². The lowest BCUT2D eigenvalue weighted by Crippen LogP contribution is -2.53. The minimum Gasteiger partial charge on any atom is -0.339 e. The first-order chi connectivity index (χ1) is 17.4. The van der Waals surface area contributed by atoms with Crippen LogP contribution in [0.25, 0.3) is 11.0 Å². The molecule has 2 amide bonds. The largest absolute Gasteiger partial charge is 0.339 e. The first-order valence-electron chi connectivity index (χ1n) is 12.6. The number of para-hydroxylation sites is 2. The van der Waals surface area contributed by atoms with Crippen LogP contribution < -0.4 is 0 Å². The van der Waals surface area contributed by atoms with Gasteiger partial charge < -0.3 is 14.4 Å². The second kappa shape index (κ2) is 10.8. The molecule has 190 valence electrons. The summed E-state index contributed by atoms with van der Waals surface area (Å²) >= 11 is 12.2. The van der Waals surface area contributed by atoms with Gasteiger partial charge in [-0.05, 0) is 63.2 Å². The van der Waals surface area contributed by atoms with Gasteiger partial charge in [0.2, 0.25) is 5.91 Å². The Balaban J connectivity index is 1.13. The molecule has 0 unspecified atom stereocenters. The SMILES string of the molecule is CCn1c(CN2CCC(C(=O)N3CCN(C(=O)c4ccc(Cl)cc4Cl)CC3)CC2)nc2ccccc21. The van der Waals surface area contributed by atoms with Gasteiger partial charge in [-0.25, -0.2) is 4.98 Å². The monoisotopic (exact) mass is 527 g/mol. The van der Waals surface area contributed by atoms with Crippen molar-refractivity contribution < 1.29 is 9.59 Å². The zero-order chi connectivity index (χ0) is 25.2. The van der Waals surface area contributed by atoms with E-state index in [0.29, 0.717) is 41.8 Å². The number of nitrogens with zero attached hydrogens (tertiary/aromatic N) is 5. The van der Waals surface area contributed by atoms with E-state index in [9.17, 15) is 9.59 Å². The molecule has 0 radical (unpaired) electrons. The first kappa shape index (κ1) is 25.1. The quantitative estimate of drug-likeness (QED) is 0.487. The molecule has 2 aliphatic rings. The number of carbonyl (C=O) groups is 2. The summed E-state index contributed by atoms with van der Waals surface area (Å²) < 4.78 is 2.28. The zero-order valence-electron chi connectivity index (χ0n) is 20.5. The number of piperazine rings is 1. The molecule has 3 heterocycles. The Morgan fingerprint density at radius 2 is 1.64 bits per heavy atom. The number of imidazole rings is 1. The van der Waals surface area contributed by atoms with Crippen LogP contribution in [0.4, 0.5) is 0 Å². The fourth-order valence-electron chi connectivity index (χ4n) is 5.36. The van der Waals surface area contributed by atoms with E-state index in [0.717, 1.165) is 50.4 Å². The second-order valence-electron chi connectivity index (χ2n) is 9.55. The van der Waals surface area contributed by atoms with Crippen LogP contribution in [0.1, 0.15) is 35.9 Å². The van der Waals surface area contributed by atoms with Gasteiger partial charge in [-0.1, -0.05) is 35.3 Å². The third-order valence-electron chi connectivity index (χ3n) is 7.39. The van der Waals surface area contributed by atoms with E-state index in [1.807, 2.05) is 11.0 Å². The molecule has 0 atom stereocenters. The van der Waals surface area contributed by atoms with Crippen molar-refractivity contribution in [2.75, 3.05) is 39.3 Å². The minimum absolute atomic E-state index is 0.0409. The number of fused-ring (bicyclic) bond motifs is 1. The van der Waals surface area contributed by atoms with Gasteiger partial charge in [-0.3, -0.25) is 14.5 Å². The average Bonchev–Trinajstić information content (AvgIpc) is 3.25. The van der Waals surface area contributed by atoms with E-state index in [4.69, 9.17) is 28.2 Å². The van der Waals surface area contributed by atoms with Gasteiger partial charge >= 0.3 is 0 Å². The summed E-state index contributed by atoms with van der Waals surface area (Å²) in [7, 11) is 0. The van der Waals surface area contributed by atoms with Crippen molar-refractivity contribution >= 4 is 46.0 Å². The molecule has 1 aromatic heterocycles. The summed E-state index contributed by atoms with van der Waals surface area (Å²) in [5.74, 6) is 1.23.